The van der Waals surface area contributed by atoms with Crippen LogP contribution in [0, 0.1) is 6.92 Å². The largest absolute Gasteiger partial charge is 0.573 e. The lowest BCUT2D eigenvalue weighted by atomic mass is 10.0. The van der Waals surface area contributed by atoms with Crippen LogP contribution in [-0.4, -0.2) is 38.9 Å². The summed E-state index contributed by atoms with van der Waals surface area (Å²) in [5, 5.41) is 10.4. The lowest BCUT2D eigenvalue weighted by molar-refractivity contribution is -0.274. The van der Waals surface area contributed by atoms with Gasteiger partial charge in [-0.15, -0.1) is 13.2 Å². The topological polar surface area (TPSA) is 90.6 Å². The lowest BCUT2D eigenvalue weighted by Crippen LogP contribution is -2.22. The summed E-state index contributed by atoms with van der Waals surface area (Å²) in [4.78, 5) is 29.6. The van der Waals surface area contributed by atoms with Gasteiger partial charge in [0.15, 0.2) is 6.10 Å². The molecule has 0 spiro atoms. The van der Waals surface area contributed by atoms with Crippen LogP contribution in [0.15, 0.2) is 78.9 Å². The first-order valence-electron chi connectivity index (χ1n) is 11.8. The molecule has 0 bridgehead atoms. The Morgan fingerprint density at radius 2 is 1.72 bits per heavy atom. The van der Waals surface area contributed by atoms with Crippen molar-refractivity contribution in [2.24, 2.45) is 0 Å². The molecule has 5 rings (SSSR count). The van der Waals surface area contributed by atoms with Gasteiger partial charge in [-0.2, -0.15) is 0 Å². The standard InChI is InChI=1S/C29H21F3N2O5/c1-16-26(27(35)24-13-10-18-6-3-4-9-23(18)33-24)22-12-11-21(39-29(30,31)32)15-25(22)34(16)19-7-5-8-20(14-19)38-17(2)28(36)37/h3-15,17H,1-2H3,(H,36,37)/t17-/m1/s1. The Morgan fingerprint density at radius 1 is 0.949 bits per heavy atom. The molecule has 0 aliphatic heterocycles. The van der Waals surface area contributed by atoms with E-state index in [9.17, 15) is 27.9 Å². The van der Waals surface area contributed by atoms with E-state index in [2.05, 4.69) is 9.72 Å². The number of hydrogen-bond donors (Lipinski definition) is 1. The molecule has 1 N–H and O–H groups in total. The monoisotopic (exact) mass is 534 g/mol. The van der Waals surface area contributed by atoms with Crippen molar-refractivity contribution in [3.05, 3.63) is 95.8 Å². The Labute approximate surface area is 220 Å². The number of carboxylic acid groups (broad SMARTS) is 1. The molecule has 39 heavy (non-hydrogen) atoms. The molecule has 1 atom stereocenters. The second-order valence-electron chi connectivity index (χ2n) is 8.84. The summed E-state index contributed by atoms with van der Waals surface area (Å²) in [6.07, 6.45) is -6.04. The number of carbonyl (C=O) groups excluding carboxylic acids is 1. The normalized spacial score (nSPS) is 12.4. The first kappa shape index (κ1) is 25.8. The molecule has 7 nitrogen and oxygen atoms in total. The highest BCUT2D eigenvalue weighted by molar-refractivity contribution is 6.17. The molecule has 0 amide bonds. The summed E-state index contributed by atoms with van der Waals surface area (Å²) in [6, 6.07) is 20.9. The van der Waals surface area contributed by atoms with Gasteiger partial charge >= 0.3 is 12.3 Å². The predicted molar refractivity (Wildman–Crippen MR) is 138 cm³/mol. The van der Waals surface area contributed by atoms with Crippen LogP contribution in [0.5, 0.6) is 11.5 Å². The van der Waals surface area contributed by atoms with Gasteiger partial charge in [-0.05, 0) is 50.2 Å². The summed E-state index contributed by atoms with van der Waals surface area (Å²) in [7, 11) is 0. The zero-order valence-corrected chi connectivity index (χ0v) is 20.7. The van der Waals surface area contributed by atoms with Gasteiger partial charge < -0.3 is 19.1 Å². The molecule has 3 aromatic carbocycles. The van der Waals surface area contributed by atoms with Crippen molar-refractivity contribution in [1.82, 2.24) is 9.55 Å². The van der Waals surface area contributed by atoms with Gasteiger partial charge in [0, 0.05) is 34.3 Å². The van der Waals surface area contributed by atoms with Crippen LogP contribution < -0.4 is 9.47 Å². The van der Waals surface area contributed by atoms with E-state index < -0.39 is 30.0 Å². The molecule has 5 aromatic rings. The van der Waals surface area contributed by atoms with Crippen molar-refractivity contribution in [2.75, 3.05) is 0 Å². The van der Waals surface area contributed by atoms with Crippen LogP contribution in [0.2, 0.25) is 0 Å². The third-order valence-corrected chi connectivity index (χ3v) is 6.20. The number of hydrogen-bond acceptors (Lipinski definition) is 5. The highest BCUT2D eigenvalue weighted by Gasteiger charge is 2.32. The molecule has 0 aliphatic carbocycles. The zero-order valence-electron chi connectivity index (χ0n) is 20.7. The molecule has 0 aliphatic rings. The second-order valence-corrected chi connectivity index (χ2v) is 8.84. The fourth-order valence-corrected chi connectivity index (χ4v) is 4.48. The lowest BCUT2D eigenvalue weighted by Gasteiger charge is -2.14. The Hall–Kier alpha value is -4.86. The molecule has 198 valence electrons. The van der Waals surface area contributed by atoms with Gasteiger partial charge in [0.05, 0.1) is 16.6 Å². The molecule has 0 radical (unpaired) electrons. The van der Waals surface area contributed by atoms with Crippen LogP contribution in [0.3, 0.4) is 0 Å². The van der Waals surface area contributed by atoms with Crippen LogP contribution in [0.1, 0.15) is 28.7 Å². The number of halogens is 3. The summed E-state index contributed by atoms with van der Waals surface area (Å²) >= 11 is 0. The minimum atomic E-state index is -4.91. The summed E-state index contributed by atoms with van der Waals surface area (Å²) in [6.45, 7) is 3.05. The maximum atomic E-state index is 13.8. The Kier molecular flexibility index (Phi) is 6.47. The maximum Gasteiger partial charge on any atom is 0.573 e. The van der Waals surface area contributed by atoms with Gasteiger partial charge in [-0.1, -0.05) is 30.3 Å². The second kappa shape index (κ2) is 9.79. The van der Waals surface area contributed by atoms with Gasteiger partial charge in [-0.3, -0.25) is 4.79 Å². The molecule has 10 heteroatoms. The SMILES string of the molecule is Cc1c(C(=O)c2ccc3ccccc3n2)c2ccc(OC(F)(F)F)cc2n1-c1cccc(O[C@H](C)C(=O)O)c1. The number of ketones is 1. The number of aromatic nitrogens is 2. The van der Waals surface area contributed by atoms with E-state index in [1.54, 1.807) is 54.0 Å². The van der Waals surface area contributed by atoms with Crippen LogP contribution >= 0.6 is 0 Å². The molecule has 2 aromatic heterocycles. The number of aliphatic carboxylic acids is 1. The molecular weight excluding hydrogens is 513 g/mol. The maximum absolute atomic E-state index is 13.8. The molecule has 0 saturated heterocycles. The third kappa shape index (κ3) is 5.13. The van der Waals surface area contributed by atoms with E-state index >= 15 is 0 Å². The molecule has 0 saturated carbocycles. The van der Waals surface area contributed by atoms with E-state index in [0.717, 1.165) is 11.5 Å². The summed E-state index contributed by atoms with van der Waals surface area (Å²) < 4.78 is 50.3. The smallest absolute Gasteiger partial charge is 0.479 e. The van der Waals surface area contributed by atoms with Gasteiger partial charge in [0.1, 0.15) is 17.2 Å². The molecule has 2 heterocycles. The minimum Gasteiger partial charge on any atom is -0.479 e. The van der Waals surface area contributed by atoms with E-state index in [0.29, 0.717) is 22.3 Å². The highest BCUT2D eigenvalue weighted by atomic mass is 19.4. The fraction of sp³-hybridized carbons (Fsp3) is 0.138. The van der Waals surface area contributed by atoms with Crippen molar-refractivity contribution >= 4 is 33.6 Å². The summed E-state index contributed by atoms with van der Waals surface area (Å²) in [5.41, 5.74) is 2.24. The van der Waals surface area contributed by atoms with Gasteiger partial charge in [0.2, 0.25) is 5.78 Å². The fourth-order valence-electron chi connectivity index (χ4n) is 4.48. The van der Waals surface area contributed by atoms with Crippen molar-refractivity contribution < 1.29 is 37.3 Å². The molecule has 0 fully saturated rings. The average molecular weight is 534 g/mol. The van der Waals surface area contributed by atoms with Gasteiger partial charge in [-0.25, -0.2) is 9.78 Å². The minimum absolute atomic E-state index is 0.179. The number of carbonyl (C=O) groups is 2. The van der Waals surface area contributed by atoms with Crippen LogP contribution in [-0.2, 0) is 4.79 Å². The number of fused-ring (bicyclic) bond motifs is 2. The van der Waals surface area contributed by atoms with Crippen molar-refractivity contribution in [3.8, 4) is 17.2 Å². The van der Waals surface area contributed by atoms with Crippen LogP contribution in [0.4, 0.5) is 13.2 Å². The summed E-state index contributed by atoms with van der Waals surface area (Å²) in [5.74, 6) is -1.79. The highest BCUT2D eigenvalue weighted by Crippen LogP contribution is 2.35. The average Bonchev–Trinajstić information content (AvgIpc) is 3.18. The number of pyridine rings is 1. The number of benzene rings is 3. The van der Waals surface area contributed by atoms with Crippen molar-refractivity contribution in [2.45, 2.75) is 26.3 Å². The first-order chi connectivity index (χ1) is 18.5. The zero-order chi connectivity index (χ0) is 27.9. The van der Waals surface area contributed by atoms with Crippen molar-refractivity contribution in [1.29, 1.82) is 0 Å². The van der Waals surface area contributed by atoms with Gasteiger partial charge in [0.25, 0.3) is 0 Å². The predicted octanol–water partition coefficient (Wildman–Crippen LogP) is 6.47. The number of ether oxygens (including phenoxy) is 2. The first-order valence-corrected chi connectivity index (χ1v) is 11.8. The Morgan fingerprint density at radius 3 is 2.46 bits per heavy atom. The van der Waals surface area contributed by atoms with Crippen LogP contribution in [0.25, 0.3) is 27.5 Å². The Bertz CT molecular complexity index is 1740. The molecular formula is C29H21F3N2O5. The number of nitrogens with zero attached hydrogens (tertiary/aromatic N) is 2. The molecule has 0 unspecified atom stereocenters. The third-order valence-electron chi connectivity index (χ3n) is 6.20. The van der Waals surface area contributed by atoms with E-state index in [4.69, 9.17) is 4.74 Å². The number of alkyl halides is 3. The number of carboxylic acids is 1. The van der Waals surface area contributed by atoms with Crippen molar-refractivity contribution in [3.63, 3.8) is 0 Å². The Balaban J connectivity index is 1.69. The van der Waals surface area contributed by atoms with E-state index in [1.165, 1.54) is 19.1 Å². The van der Waals surface area contributed by atoms with E-state index in [-0.39, 0.29) is 22.5 Å². The number of para-hydroxylation sites is 1. The van der Waals surface area contributed by atoms with E-state index in [1.807, 2.05) is 18.2 Å². The number of rotatable bonds is 7. The quantitative estimate of drug-likeness (QED) is 0.241.